The summed E-state index contributed by atoms with van der Waals surface area (Å²) < 4.78 is 5.28. The van der Waals surface area contributed by atoms with E-state index in [0.717, 1.165) is 17.2 Å². The highest BCUT2D eigenvalue weighted by atomic mass is 16.5. The van der Waals surface area contributed by atoms with Gasteiger partial charge >= 0.3 is 5.97 Å². The predicted molar refractivity (Wildman–Crippen MR) is 74.5 cm³/mol. The maximum Gasteiger partial charge on any atom is 0.328 e. The summed E-state index contributed by atoms with van der Waals surface area (Å²) in [6.45, 7) is 3.55. The second-order valence-electron chi connectivity index (χ2n) is 4.32. The van der Waals surface area contributed by atoms with Crippen molar-refractivity contribution in [2.24, 2.45) is 0 Å². The Balaban J connectivity index is 2.37. The van der Waals surface area contributed by atoms with Gasteiger partial charge in [0, 0.05) is 12.2 Å². The number of rotatable bonds is 5. The number of hydrazine groups is 1. The molecule has 0 aliphatic carbocycles. The molecule has 0 unspecified atom stereocenters. The third kappa shape index (κ3) is 6.76. The molecule has 0 saturated heterocycles. The molecule has 1 rings (SSSR count). The van der Waals surface area contributed by atoms with E-state index in [1.807, 2.05) is 25.3 Å². The number of carboxylic acid groups (broad SMARTS) is 1. The molecule has 0 bridgehead atoms. The van der Waals surface area contributed by atoms with Gasteiger partial charge in [-0.25, -0.2) is 4.79 Å². The number of carboxylic acids is 1. The molecule has 1 aromatic carbocycles. The molecule has 2 amide bonds. The summed E-state index contributed by atoms with van der Waals surface area (Å²) in [4.78, 5) is 32.7. The van der Waals surface area contributed by atoms with Gasteiger partial charge in [-0.1, -0.05) is 6.07 Å². The average Bonchev–Trinajstić information content (AvgIpc) is 2.39. The highest BCUT2D eigenvalue weighted by molar-refractivity contribution is 5.94. The van der Waals surface area contributed by atoms with Crippen molar-refractivity contribution in [2.45, 2.75) is 13.8 Å². The maximum absolute atomic E-state index is 11.4. The zero-order valence-corrected chi connectivity index (χ0v) is 11.7. The van der Waals surface area contributed by atoms with Crippen LogP contribution < -0.4 is 15.6 Å². The molecule has 112 valence electrons. The van der Waals surface area contributed by atoms with Gasteiger partial charge in [0.15, 0.2) is 6.61 Å². The van der Waals surface area contributed by atoms with Gasteiger partial charge in [0.05, 0.1) is 0 Å². The minimum atomic E-state index is -1.25. The van der Waals surface area contributed by atoms with Crippen LogP contribution in [0.1, 0.15) is 11.1 Å². The van der Waals surface area contributed by atoms with Crippen LogP contribution in [0.15, 0.2) is 30.4 Å². The summed E-state index contributed by atoms with van der Waals surface area (Å²) in [5.41, 5.74) is 6.15. The molecule has 0 aromatic heterocycles. The van der Waals surface area contributed by atoms with E-state index in [1.165, 1.54) is 0 Å². The Bertz CT molecular complexity index is 560. The van der Waals surface area contributed by atoms with E-state index in [2.05, 4.69) is 5.43 Å². The van der Waals surface area contributed by atoms with Crippen molar-refractivity contribution in [2.75, 3.05) is 6.61 Å². The average molecular weight is 292 g/mol. The number of hydrogen-bond donors (Lipinski definition) is 3. The number of hydrogen-bond acceptors (Lipinski definition) is 4. The summed E-state index contributed by atoms with van der Waals surface area (Å²) in [6.07, 6.45) is 1.45. The molecule has 0 saturated carbocycles. The summed E-state index contributed by atoms with van der Waals surface area (Å²) >= 11 is 0. The van der Waals surface area contributed by atoms with Gasteiger partial charge in [0.25, 0.3) is 11.8 Å². The topological polar surface area (TPSA) is 105 Å². The van der Waals surface area contributed by atoms with E-state index in [4.69, 9.17) is 9.84 Å². The Morgan fingerprint density at radius 2 is 1.71 bits per heavy atom. The van der Waals surface area contributed by atoms with Crippen LogP contribution in [0.2, 0.25) is 0 Å². The second kappa shape index (κ2) is 7.68. The largest absolute Gasteiger partial charge is 0.484 e. The minimum absolute atomic E-state index is 0.272. The smallest absolute Gasteiger partial charge is 0.328 e. The lowest BCUT2D eigenvalue weighted by Crippen LogP contribution is -2.43. The molecular formula is C14H16N2O5. The molecule has 0 radical (unpaired) electrons. The number of benzene rings is 1. The van der Waals surface area contributed by atoms with Crippen LogP contribution in [0.25, 0.3) is 0 Å². The van der Waals surface area contributed by atoms with Gasteiger partial charge in [0.2, 0.25) is 0 Å². The monoisotopic (exact) mass is 292 g/mol. The molecule has 0 fully saturated rings. The Morgan fingerprint density at radius 1 is 1.10 bits per heavy atom. The first-order chi connectivity index (χ1) is 9.86. The van der Waals surface area contributed by atoms with Crippen molar-refractivity contribution in [3.63, 3.8) is 0 Å². The van der Waals surface area contributed by atoms with Crippen LogP contribution in [0.4, 0.5) is 0 Å². The lowest BCUT2D eigenvalue weighted by atomic mass is 10.1. The van der Waals surface area contributed by atoms with Gasteiger partial charge in [0.1, 0.15) is 5.75 Å². The first-order valence-corrected chi connectivity index (χ1v) is 6.08. The zero-order valence-electron chi connectivity index (χ0n) is 11.7. The Kier molecular flexibility index (Phi) is 5.94. The first kappa shape index (κ1) is 16.2. The molecule has 0 aliphatic heterocycles. The molecule has 0 spiro atoms. The van der Waals surface area contributed by atoms with Crippen LogP contribution in [-0.4, -0.2) is 29.5 Å². The molecule has 0 aliphatic rings. The van der Waals surface area contributed by atoms with Crippen molar-refractivity contribution in [1.82, 2.24) is 10.9 Å². The van der Waals surface area contributed by atoms with Crippen LogP contribution in [-0.2, 0) is 14.4 Å². The van der Waals surface area contributed by atoms with Crippen molar-refractivity contribution in [3.05, 3.63) is 41.5 Å². The van der Waals surface area contributed by atoms with Gasteiger partial charge in [-0.3, -0.25) is 20.4 Å². The van der Waals surface area contributed by atoms with Crippen molar-refractivity contribution >= 4 is 17.8 Å². The standard InChI is InChI=1S/C14H16N2O5/c1-9-5-10(2)7-11(6-9)21-8-13(18)16-15-12(17)3-4-14(19)20/h3-7H,8H2,1-2H3,(H,15,17)(H,16,18)(H,19,20). The van der Waals surface area contributed by atoms with E-state index < -0.39 is 17.8 Å². The zero-order chi connectivity index (χ0) is 15.8. The number of nitrogens with one attached hydrogen (secondary N) is 2. The van der Waals surface area contributed by atoms with Crippen molar-refractivity contribution in [3.8, 4) is 5.75 Å². The highest BCUT2D eigenvalue weighted by Gasteiger charge is 2.04. The maximum atomic E-state index is 11.4. The van der Waals surface area contributed by atoms with Gasteiger partial charge in [-0.2, -0.15) is 0 Å². The summed E-state index contributed by atoms with van der Waals surface area (Å²) in [7, 11) is 0. The third-order valence-electron chi connectivity index (χ3n) is 2.27. The van der Waals surface area contributed by atoms with E-state index >= 15 is 0 Å². The van der Waals surface area contributed by atoms with Gasteiger partial charge in [-0.05, 0) is 37.1 Å². The number of aryl methyl sites for hydroxylation is 2. The van der Waals surface area contributed by atoms with Crippen molar-refractivity contribution < 1.29 is 24.2 Å². The Morgan fingerprint density at radius 3 is 2.29 bits per heavy atom. The molecule has 7 nitrogen and oxygen atoms in total. The number of amides is 2. The fourth-order valence-electron chi connectivity index (χ4n) is 1.52. The number of ether oxygens (including phenoxy) is 1. The molecule has 21 heavy (non-hydrogen) atoms. The highest BCUT2D eigenvalue weighted by Crippen LogP contribution is 2.15. The normalized spacial score (nSPS) is 10.2. The van der Waals surface area contributed by atoms with Crippen LogP contribution in [0.3, 0.4) is 0 Å². The molecule has 7 heteroatoms. The SMILES string of the molecule is Cc1cc(C)cc(OCC(=O)NNC(=O)C=CC(=O)O)c1. The van der Waals surface area contributed by atoms with Crippen molar-refractivity contribution in [1.29, 1.82) is 0 Å². The quantitative estimate of drug-likeness (QED) is 0.540. The molecule has 0 atom stereocenters. The Hall–Kier alpha value is -2.83. The lowest BCUT2D eigenvalue weighted by Gasteiger charge is -2.09. The van der Waals surface area contributed by atoms with E-state index in [0.29, 0.717) is 11.8 Å². The predicted octanol–water partition coefficient (Wildman–Crippen LogP) is 0.470. The number of carbonyl (C=O) groups excluding carboxylic acids is 2. The van der Waals surface area contributed by atoms with Gasteiger partial charge < -0.3 is 9.84 Å². The van der Waals surface area contributed by atoms with E-state index in [9.17, 15) is 14.4 Å². The minimum Gasteiger partial charge on any atom is -0.484 e. The van der Waals surface area contributed by atoms with Crippen LogP contribution in [0.5, 0.6) is 5.75 Å². The molecular weight excluding hydrogens is 276 g/mol. The molecule has 0 heterocycles. The van der Waals surface area contributed by atoms with Crippen LogP contribution >= 0.6 is 0 Å². The summed E-state index contributed by atoms with van der Waals surface area (Å²) in [5.74, 6) is -2.02. The summed E-state index contributed by atoms with van der Waals surface area (Å²) in [6, 6.07) is 5.55. The third-order valence-corrected chi connectivity index (χ3v) is 2.27. The summed E-state index contributed by atoms with van der Waals surface area (Å²) in [5, 5.41) is 8.32. The van der Waals surface area contributed by atoms with Crippen LogP contribution in [0, 0.1) is 13.8 Å². The molecule has 1 aromatic rings. The fraction of sp³-hybridized carbons (Fsp3) is 0.214. The first-order valence-electron chi connectivity index (χ1n) is 6.08. The number of carbonyl (C=O) groups is 3. The Labute approximate surface area is 121 Å². The second-order valence-corrected chi connectivity index (χ2v) is 4.32. The lowest BCUT2D eigenvalue weighted by molar-refractivity contribution is -0.131. The molecule has 3 N–H and O–H groups in total. The van der Waals surface area contributed by atoms with E-state index in [-0.39, 0.29) is 6.61 Å². The fourth-order valence-corrected chi connectivity index (χ4v) is 1.52. The van der Waals surface area contributed by atoms with Gasteiger partial charge in [-0.15, -0.1) is 0 Å². The van der Waals surface area contributed by atoms with E-state index in [1.54, 1.807) is 12.1 Å². The number of aliphatic carboxylic acids is 1.